The number of benzene rings is 1. The van der Waals surface area contributed by atoms with Gasteiger partial charge in [0.1, 0.15) is 0 Å². The van der Waals surface area contributed by atoms with Gasteiger partial charge in [-0.2, -0.15) is 0 Å². The average Bonchev–Trinajstić information content (AvgIpc) is 3.21. The molecule has 1 aromatic carbocycles. The molecule has 0 unspecified atom stereocenters. The maximum atomic E-state index is 13.0. The standard InChI is InChI=1S/C19H20ClN3O2/c1-13-17-6-3-7-21(17)8-9-22(13)19(25)14-10-18(24)23(12-14)16-5-2-4-15(20)11-16/h2-7,11,13-14H,8-10,12H2,1H3/t13-,14-/m0/s1. The number of aromatic nitrogens is 1. The van der Waals surface area contributed by atoms with Crippen LogP contribution in [0.3, 0.4) is 0 Å². The Morgan fingerprint density at radius 3 is 2.84 bits per heavy atom. The number of amides is 2. The zero-order valence-corrected chi connectivity index (χ0v) is 14.8. The fourth-order valence-corrected chi connectivity index (χ4v) is 4.07. The molecule has 2 amide bonds. The summed E-state index contributed by atoms with van der Waals surface area (Å²) in [6.45, 7) is 3.96. The topological polar surface area (TPSA) is 45.6 Å². The highest BCUT2D eigenvalue weighted by Crippen LogP contribution is 2.32. The van der Waals surface area contributed by atoms with Crippen molar-refractivity contribution in [1.82, 2.24) is 9.47 Å². The lowest BCUT2D eigenvalue weighted by Crippen LogP contribution is -2.44. The van der Waals surface area contributed by atoms with Gasteiger partial charge in [0.25, 0.3) is 0 Å². The van der Waals surface area contributed by atoms with Crippen molar-refractivity contribution >= 4 is 29.1 Å². The van der Waals surface area contributed by atoms with Crippen LogP contribution in [0.1, 0.15) is 25.1 Å². The van der Waals surface area contributed by atoms with E-state index in [2.05, 4.69) is 17.6 Å². The van der Waals surface area contributed by atoms with Crippen LogP contribution in [0.25, 0.3) is 0 Å². The molecular formula is C19H20ClN3O2. The molecule has 1 aromatic heterocycles. The van der Waals surface area contributed by atoms with E-state index in [1.807, 2.05) is 29.3 Å². The number of carbonyl (C=O) groups is 2. The molecule has 2 aromatic rings. The number of fused-ring (bicyclic) bond motifs is 1. The summed E-state index contributed by atoms with van der Waals surface area (Å²) in [5.74, 6) is -0.248. The van der Waals surface area contributed by atoms with Gasteiger partial charge in [-0.05, 0) is 37.3 Å². The molecule has 0 saturated carbocycles. The lowest BCUT2D eigenvalue weighted by molar-refractivity contribution is -0.139. The fraction of sp³-hybridized carbons (Fsp3) is 0.368. The SMILES string of the molecule is C[C@H]1c2cccn2CCN1C(=O)[C@H]1CC(=O)N(c2cccc(Cl)c2)C1. The van der Waals surface area contributed by atoms with Crippen LogP contribution < -0.4 is 4.90 Å². The molecule has 0 N–H and O–H groups in total. The van der Waals surface area contributed by atoms with Crippen molar-refractivity contribution in [3.8, 4) is 0 Å². The highest BCUT2D eigenvalue weighted by molar-refractivity contribution is 6.31. The van der Waals surface area contributed by atoms with E-state index >= 15 is 0 Å². The van der Waals surface area contributed by atoms with Gasteiger partial charge >= 0.3 is 0 Å². The van der Waals surface area contributed by atoms with Crippen LogP contribution in [0.15, 0.2) is 42.6 Å². The molecule has 3 heterocycles. The first kappa shape index (κ1) is 16.2. The number of rotatable bonds is 2. The number of hydrogen-bond donors (Lipinski definition) is 0. The molecule has 130 valence electrons. The molecule has 0 aliphatic carbocycles. The molecule has 0 spiro atoms. The van der Waals surface area contributed by atoms with Crippen molar-refractivity contribution in [3.63, 3.8) is 0 Å². The van der Waals surface area contributed by atoms with Gasteiger partial charge in [-0.1, -0.05) is 17.7 Å². The number of carbonyl (C=O) groups excluding carboxylic acids is 2. The van der Waals surface area contributed by atoms with Crippen LogP contribution in [0.4, 0.5) is 5.69 Å². The Labute approximate surface area is 151 Å². The second kappa shape index (κ2) is 6.23. The van der Waals surface area contributed by atoms with Gasteiger partial charge in [-0.3, -0.25) is 9.59 Å². The van der Waals surface area contributed by atoms with E-state index in [0.29, 0.717) is 18.1 Å². The third kappa shape index (κ3) is 2.82. The van der Waals surface area contributed by atoms with Gasteiger partial charge in [-0.25, -0.2) is 0 Å². The van der Waals surface area contributed by atoms with Gasteiger partial charge in [0, 0.05) is 48.7 Å². The first-order chi connectivity index (χ1) is 12.0. The van der Waals surface area contributed by atoms with E-state index in [-0.39, 0.29) is 30.2 Å². The highest BCUT2D eigenvalue weighted by atomic mass is 35.5. The minimum atomic E-state index is -0.296. The molecule has 2 atom stereocenters. The monoisotopic (exact) mass is 357 g/mol. The molecule has 5 nitrogen and oxygen atoms in total. The molecule has 1 saturated heterocycles. The zero-order chi connectivity index (χ0) is 17.6. The summed E-state index contributed by atoms with van der Waals surface area (Å²) in [6.07, 6.45) is 2.31. The van der Waals surface area contributed by atoms with E-state index in [1.54, 1.807) is 17.0 Å². The number of halogens is 1. The second-order valence-electron chi connectivity index (χ2n) is 6.72. The van der Waals surface area contributed by atoms with Crippen LogP contribution in [0.5, 0.6) is 0 Å². The molecule has 0 radical (unpaired) electrons. The maximum absolute atomic E-state index is 13.0. The van der Waals surface area contributed by atoms with E-state index < -0.39 is 0 Å². The predicted octanol–water partition coefficient (Wildman–Crippen LogP) is 3.10. The zero-order valence-electron chi connectivity index (χ0n) is 14.1. The summed E-state index contributed by atoms with van der Waals surface area (Å²) in [5.41, 5.74) is 1.91. The van der Waals surface area contributed by atoms with Crippen molar-refractivity contribution in [2.75, 3.05) is 18.0 Å². The Hall–Kier alpha value is -2.27. The maximum Gasteiger partial charge on any atom is 0.228 e. The Morgan fingerprint density at radius 2 is 2.04 bits per heavy atom. The largest absolute Gasteiger partial charge is 0.348 e. The van der Waals surface area contributed by atoms with Crippen molar-refractivity contribution in [2.45, 2.75) is 25.9 Å². The minimum Gasteiger partial charge on any atom is -0.348 e. The smallest absolute Gasteiger partial charge is 0.228 e. The molecule has 1 fully saturated rings. The first-order valence-electron chi connectivity index (χ1n) is 8.56. The Kier molecular flexibility index (Phi) is 4.04. The molecule has 0 bridgehead atoms. The predicted molar refractivity (Wildman–Crippen MR) is 96.5 cm³/mol. The molecule has 2 aliphatic rings. The van der Waals surface area contributed by atoms with E-state index in [1.165, 1.54) is 0 Å². The van der Waals surface area contributed by atoms with Crippen LogP contribution >= 0.6 is 11.6 Å². The van der Waals surface area contributed by atoms with Crippen molar-refractivity contribution in [1.29, 1.82) is 0 Å². The summed E-state index contributed by atoms with van der Waals surface area (Å²) in [5, 5.41) is 0.588. The fourth-order valence-electron chi connectivity index (χ4n) is 3.88. The summed E-state index contributed by atoms with van der Waals surface area (Å²) in [6, 6.07) is 11.3. The van der Waals surface area contributed by atoms with Gasteiger partial charge in [-0.15, -0.1) is 0 Å². The summed E-state index contributed by atoms with van der Waals surface area (Å²) in [4.78, 5) is 29.1. The second-order valence-corrected chi connectivity index (χ2v) is 7.16. The van der Waals surface area contributed by atoms with E-state index in [9.17, 15) is 9.59 Å². The molecule has 4 rings (SSSR count). The Balaban J connectivity index is 1.51. The van der Waals surface area contributed by atoms with E-state index in [0.717, 1.165) is 17.9 Å². The van der Waals surface area contributed by atoms with Crippen LogP contribution in [-0.2, 0) is 16.1 Å². The highest BCUT2D eigenvalue weighted by Gasteiger charge is 2.39. The quantitative estimate of drug-likeness (QED) is 0.829. The van der Waals surface area contributed by atoms with Crippen molar-refractivity contribution < 1.29 is 9.59 Å². The normalized spacial score (nSPS) is 23.0. The van der Waals surface area contributed by atoms with Gasteiger partial charge in [0.05, 0.1) is 12.0 Å². The van der Waals surface area contributed by atoms with Crippen LogP contribution in [0, 0.1) is 5.92 Å². The summed E-state index contributed by atoms with van der Waals surface area (Å²) >= 11 is 6.03. The van der Waals surface area contributed by atoms with Crippen LogP contribution in [-0.4, -0.2) is 34.4 Å². The first-order valence-corrected chi connectivity index (χ1v) is 8.94. The third-order valence-corrected chi connectivity index (χ3v) is 5.45. The van der Waals surface area contributed by atoms with E-state index in [4.69, 9.17) is 11.6 Å². The van der Waals surface area contributed by atoms with Gasteiger partial charge < -0.3 is 14.4 Å². The Morgan fingerprint density at radius 1 is 1.20 bits per heavy atom. The van der Waals surface area contributed by atoms with Crippen molar-refractivity contribution in [3.05, 3.63) is 53.3 Å². The number of hydrogen-bond acceptors (Lipinski definition) is 2. The minimum absolute atomic E-state index is 0.0198. The number of anilines is 1. The molecule has 25 heavy (non-hydrogen) atoms. The summed E-state index contributed by atoms with van der Waals surface area (Å²) in [7, 11) is 0. The van der Waals surface area contributed by atoms with Gasteiger partial charge in [0.15, 0.2) is 0 Å². The van der Waals surface area contributed by atoms with Crippen LogP contribution in [0.2, 0.25) is 5.02 Å². The molecule has 2 aliphatic heterocycles. The number of nitrogens with zero attached hydrogens (tertiary/aromatic N) is 3. The Bertz CT molecular complexity index is 832. The van der Waals surface area contributed by atoms with Crippen molar-refractivity contribution in [2.24, 2.45) is 5.92 Å². The third-order valence-electron chi connectivity index (χ3n) is 5.22. The van der Waals surface area contributed by atoms with Gasteiger partial charge in [0.2, 0.25) is 11.8 Å². The molecular weight excluding hydrogens is 338 g/mol. The molecule has 6 heteroatoms. The lowest BCUT2D eigenvalue weighted by Gasteiger charge is -2.36. The summed E-state index contributed by atoms with van der Waals surface area (Å²) < 4.78 is 2.19. The lowest BCUT2D eigenvalue weighted by atomic mass is 10.0. The average molecular weight is 358 g/mol.